The monoisotopic (exact) mass is 304 g/mol. The number of fused-ring (bicyclic) bond motifs is 1. The average Bonchev–Trinajstić information content (AvgIpc) is 2.47. The molecule has 0 radical (unpaired) electrons. The predicted molar refractivity (Wildman–Crippen MR) is 81.2 cm³/mol. The van der Waals surface area contributed by atoms with Gasteiger partial charge < -0.3 is 20.5 Å². The van der Waals surface area contributed by atoms with E-state index in [0.717, 1.165) is 0 Å². The van der Waals surface area contributed by atoms with Gasteiger partial charge in [-0.25, -0.2) is 0 Å². The first-order valence-corrected chi connectivity index (χ1v) is 6.77. The van der Waals surface area contributed by atoms with Gasteiger partial charge in [0.2, 0.25) is 0 Å². The fourth-order valence-electron chi connectivity index (χ4n) is 2.06. The molecule has 3 rings (SSSR count). The fraction of sp³-hybridized carbons (Fsp3) is 0.133. The van der Waals surface area contributed by atoms with Gasteiger partial charge in [-0.1, -0.05) is 11.6 Å². The van der Waals surface area contributed by atoms with Crippen LogP contribution in [0, 0.1) is 0 Å². The van der Waals surface area contributed by atoms with Gasteiger partial charge in [-0.05, 0) is 30.3 Å². The Balaban J connectivity index is 1.81. The lowest BCUT2D eigenvalue weighted by Gasteiger charge is -2.19. The zero-order valence-corrected chi connectivity index (χ0v) is 11.8. The second-order valence-electron chi connectivity index (χ2n) is 4.54. The Morgan fingerprint density at radius 1 is 1.10 bits per heavy atom. The zero-order chi connectivity index (χ0) is 14.8. The molecule has 0 spiro atoms. The van der Waals surface area contributed by atoms with E-state index in [9.17, 15) is 4.79 Å². The van der Waals surface area contributed by atoms with Gasteiger partial charge >= 0.3 is 0 Å². The smallest absolute Gasteiger partial charge is 0.257 e. The van der Waals surface area contributed by atoms with E-state index in [1.165, 1.54) is 0 Å². The van der Waals surface area contributed by atoms with Gasteiger partial charge in [-0.3, -0.25) is 4.79 Å². The van der Waals surface area contributed by atoms with E-state index in [4.69, 9.17) is 26.8 Å². The van der Waals surface area contributed by atoms with E-state index in [2.05, 4.69) is 5.32 Å². The first-order chi connectivity index (χ1) is 10.1. The number of rotatable bonds is 2. The molecule has 1 aliphatic rings. The minimum atomic E-state index is -0.305. The van der Waals surface area contributed by atoms with Gasteiger partial charge in [0.25, 0.3) is 5.91 Å². The number of nitrogens with two attached hydrogens (primary N) is 1. The van der Waals surface area contributed by atoms with E-state index in [1.807, 2.05) is 0 Å². The van der Waals surface area contributed by atoms with E-state index >= 15 is 0 Å². The van der Waals surface area contributed by atoms with Crippen LogP contribution in [0.3, 0.4) is 0 Å². The molecule has 0 bridgehead atoms. The van der Waals surface area contributed by atoms with Crippen molar-refractivity contribution in [3.63, 3.8) is 0 Å². The number of hydrogen-bond acceptors (Lipinski definition) is 4. The molecule has 2 aromatic rings. The third-order valence-electron chi connectivity index (χ3n) is 3.06. The predicted octanol–water partition coefficient (Wildman–Crippen LogP) is 2.95. The summed E-state index contributed by atoms with van der Waals surface area (Å²) in [6.45, 7) is 1.02. The molecule has 6 heteroatoms. The maximum atomic E-state index is 12.2. The summed E-state index contributed by atoms with van der Waals surface area (Å²) in [4.78, 5) is 12.2. The molecule has 0 aliphatic carbocycles. The van der Waals surface area contributed by atoms with Crippen LogP contribution in [-0.2, 0) is 0 Å². The highest BCUT2D eigenvalue weighted by molar-refractivity contribution is 6.31. The summed E-state index contributed by atoms with van der Waals surface area (Å²) in [5.74, 6) is 0.981. The number of anilines is 2. The number of carbonyl (C=O) groups is 1. The van der Waals surface area contributed by atoms with Crippen molar-refractivity contribution in [1.82, 2.24) is 0 Å². The highest BCUT2D eigenvalue weighted by Gasteiger charge is 2.14. The Morgan fingerprint density at radius 2 is 1.86 bits per heavy atom. The molecule has 1 heterocycles. The van der Waals surface area contributed by atoms with Crippen LogP contribution < -0.4 is 20.5 Å². The molecule has 108 valence electrons. The summed E-state index contributed by atoms with van der Waals surface area (Å²) in [7, 11) is 0. The Hall–Kier alpha value is -2.40. The standard InChI is InChI=1S/C15H13ClN2O3/c16-9-1-3-11(12(17)7-9)15(19)18-10-2-4-13-14(8-10)21-6-5-20-13/h1-4,7-8H,5-6,17H2,(H,18,19). The van der Waals surface area contributed by atoms with Crippen LogP contribution in [0.5, 0.6) is 11.5 Å². The van der Waals surface area contributed by atoms with Crippen molar-refractivity contribution in [3.05, 3.63) is 47.0 Å². The van der Waals surface area contributed by atoms with Crippen LogP contribution in [-0.4, -0.2) is 19.1 Å². The molecule has 0 unspecified atom stereocenters. The lowest BCUT2D eigenvalue weighted by atomic mass is 10.1. The van der Waals surface area contributed by atoms with Gasteiger partial charge in [0, 0.05) is 22.5 Å². The summed E-state index contributed by atoms with van der Waals surface area (Å²) in [6.07, 6.45) is 0. The van der Waals surface area contributed by atoms with Gasteiger partial charge in [0.15, 0.2) is 11.5 Å². The van der Waals surface area contributed by atoms with Crippen molar-refractivity contribution in [2.75, 3.05) is 24.3 Å². The molecule has 1 amide bonds. The third-order valence-corrected chi connectivity index (χ3v) is 3.29. The highest BCUT2D eigenvalue weighted by atomic mass is 35.5. The number of carbonyl (C=O) groups excluding carboxylic acids is 1. The normalized spacial score (nSPS) is 12.8. The van der Waals surface area contributed by atoms with Crippen molar-refractivity contribution in [1.29, 1.82) is 0 Å². The van der Waals surface area contributed by atoms with Gasteiger partial charge in [0.05, 0.1) is 5.56 Å². The number of ether oxygens (including phenoxy) is 2. The summed E-state index contributed by atoms with van der Waals surface area (Å²) >= 11 is 5.82. The topological polar surface area (TPSA) is 73.6 Å². The lowest BCUT2D eigenvalue weighted by Crippen LogP contribution is -2.17. The number of hydrogen-bond donors (Lipinski definition) is 2. The summed E-state index contributed by atoms with van der Waals surface area (Å²) in [5.41, 5.74) is 7.11. The maximum Gasteiger partial charge on any atom is 0.257 e. The van der Waals surface area contributed by atoms with Crippen LogP contribution in [0.15, 0.2) is 36.4 Å². The molecule has 0 atom stereocenters. The number of halogens is 1. The minimum absolute atomic E-state index is 0.305. The summed E-state index contributed by atoms with van der Waals surface area (Å²) in [5, 5.41) is 3.26. The Kier molecular flexibility index (Phi) is 3.58. The zero-order valence-electron chi connectivity index (χ0n) is 11.1. The SMILES string of the molecule is Nc1cc(Cl)ccc1C(=O)Nc1ccc2c(c1)OCCO2. The van der Waals surface area contributed by atoms with Gasteiger partial charge in [-0.15, -0.1) is 0 Å². The summed E-state index contributed by atoms with van der Waals surface area (Å²) in [6, 6.07) is 9.98. The van der Waals surface area contributed by atoms with Crippen molar-refractivity contribution >= 4 is 28.9 Å². The van der Waals surface area contributed by atoms with Crippen molar-refractivity contribution < 1.29 is 14.3 Å². The van der Waals surface area contributed by atoms with Crippen molar-refractivity contribution in [3.8, 4) is 11.5 Å². The minimum Gasteiger partial charge on any atom is -0.486 e. The van der Waals surface area contributed by atoms with Gasteiger partial charge in [-0.2, -0.15) is 0 Å². The van der Waals surface area contributed by atoms with Crippen molar-refractivity contribution in [2.24, 2.45) is 0 Å². The van der Waals surface area contributed by atoms with E-state index in [-0.39, 0.29) is 5.91 Å². The van der Waals surface area contributed by atoms with Crippen LogP contribution in [0.2, 0.25) is 5.02 Å². The Bertz CT molecular complexity index is 703. The number of nitrogens with one attached hydrogen (secondary N) is 1. The van der Waals surface area contributed by atoms with E-state index < -0.39 is 0 Å². The van der Waals surface area contributed by atoms with Crippen LogP contribution in [0.25, 0.3) is 0 Å². The second-order valence-corrected chi connectivity index (χ2v) is 4.98. The average molecular weight is 305 g/mol. The molecule has 0 fully saturated rings. The first-order valence-electron chi connectivity index (χ1n) is 6.39. The van der Waals surface area contributed by atoms with E-state index in [1.54, 1.807) is 36.4 Å². The first kappa shape index (κ1) is 13.6. The number of amides is 1. The summed E-state index contributed by atoms with van der Waals surface area (Å²) < 4.78 is 10.9. The fourth-order valence-corrected chi connectivity index (χ4v) is 2.24. The molecule has 1 aliphatic heterocycles. The molecular weight excluding hydrogens is 292 g/mol. The largest absolute Gasteiger partial charge is 0.486 e. The molecule has 3 N–H and O–H groups in total. The van der Waals surface area contributed by atoms with Crippen molar-refractivity contribution in [2.45, 2.75) is 0 Å². The van der Waals surface area contributed by atoms with Gasteiger partial charge in [0.1, 0.15) is 13.2 Å². The highest BCUT2D eigenvalue weighted by Crippen LogP contribution is 2.32. The van der Waals surface area contributed by atoms with Crippen LogP contribution in [0.1, 0.15) is 10.4 Å². The molecule has 5 nitrogen and oxygen atoms in total. The quantitative estimate of drug-likeness (QED) is 0.837. The molecule has 0 saturated carbocycles. The second kappa shape index (κ2) is 5.54. The van der Waals surface area contributed by atoms with E-state index in [0.29, 0.717) is 46.7 Å². The molecule has 2 aromatic carbocycles. The number of nitrogen functional groups attached to an aromatic ring is 1. The molecule has 0 aromatic heterocycles. The third kappa shape index (κ3) is 2.87. The molecule has 0 saturated heterocycles. The molecule has 21 heavy (non-hydrogen) atoms. The number of benzene rings is 2. The van der Waals surface area contributed by atoms with Crippen LogP contribution >= 0.6 is 11.6 Å². The Morgan fingerprint density at radius 3 is 2.62 bits per heavy atom. The lowest BCUT2D eigenvalue weighted by molar-refractivity contribution is 0.102. The molecular formula is C15H13ClN2O3. The maximum absolute atomic E-state index is 12.2. The van der Waals surface area contributed by atoms with Crippen LogP contribution in [0.4, 0.5) is 11.4 Å². The Labute approximate surface area is 126 Å².